The van der Waals surface area contributed by atoms with Gasteiger partial charge < -0.3 is 18.8 Å². The number of ether oxygens (including phenoxy) is 2. The molecule has 0 aliphatic rings. The third-order valence-electron chi connectivity index (χ3n) is 2.89. The van der Waals surface area contributed by atoms with E-state index in [1.54, 1.807) is 19.1 Å². The minimum Gasteiger partial charge on any atom is -0.434 e. The molecule has 116 valence electrons. The molecule has 0 amide bonds. The number of benzene rings is 1. The minimum atomic E-state index is -1.16. The minimum absolute atomic E-state index is 0.0613. The third-order valence-corrected chi connectivity index (χ3v) is 2.89. The van der Waals surface area contributed by atoms with Crippen molar-refractivity contribution in [2.24, 2.45) is 0 Å². The second-order valence-corrected chi connectivity index (χ2v) is 4.64. The lowest BCUT2D eigenvalue weighted by Crippen LogP contribution is -2.20. The number of carbonyl (C=O) groups excluding carboxylic acids is 2. The molecule has 0 saturated heterocycles. The zero-order valence-electron chi connectivity index (χ0n) is 12.4. The maximum absolute atomic E-state index is 11.9. The van der Waals surface area contributed by atoms with Crippen LogP contribution in [0.3, 0.4) is 0 Å². The molecule has 1 aromatic heterocycles. The molecular formula is C15H15NO6. The van der Waals surface area contributed by atoms with E-state index in [1.807, 2.05) is 25.1 Å². The Hall–Kier alpha value is -2.83. The first kappa shape index (κ1) is 15.6. The fourth-order valence-electron chi connectivity index (χ4n) is 1.80. The summed E-state index contributed by atoms with van der Waals surface area (Å²) in [5.74, 6) is -1.11. The molecule has 0 radical (unpaired) electrons. The van der Waals surface area contributed by atoms with Crippen LogP contribution >= 0.6 is 0 Å². The summed E-state index contributed by atoms with van der Waals surface area (Å²) in [4.78, 5) is 36.6. The molecule has 1 heterocycles. The largest absolute Gasteiger partial charge is 0.516 e. The Morgan fingerprint density at radius 2 is 1.95 bits per heavy atom. The van der Waals surface area contributed by atoms with Gasteiger partial charge in [0, 0.05) is 31.2 Å². The zero-order valence-corrected chi connectivity index (χ0v) is 12.4. The summed E-state index contributed by atoms with van der Waals surface area (Å²) in [5.41, 5.74) is -0.0581. The first-order valence-electron chi connectivity index (χ1n) is 6.56. The van der Waals surface area contributed by atoms with Crippen LogP contribution in [0.25, 0.3) is 11.0 Å². The third kappa shape index (κ3) is 3.25. The Morgan fingerprint density at radius 1 is 1.23 bits per heavy atom. The lowest BCUT2D eigenvalue weighted by molar-refractivity contribution is 0.0398. The van der Waals surface area contributed by atoms with Gasteiger partial charge in [-0.15, -0.1) is 0 Å². The molecule has 2 rings (SSSR count). The van der Waals surface area contributed by atoms with Crippen LogP contribution in [0.4, 0.5) is 10.5 Å². The number of fused-ring (bicyclic) bond motifs is 1. The summed E-state index contributed by atoms with van der Waals surface area (Å²) < 4.78 is 14.0. The highest BCUT2D eigenvalue weighted by Gasteiger charge is 2.19. The van der Waals surface area contributed by atoms with Crippen molar-refractivity contribution < 1.29 is 23.5 Å². The van der Waals surface area contributed by atoms with E-state index in [4.69, 9.17) is 4.42 Å². The van der Waals surface area contributed by atoms with E-state index in [0.29, 0.717) is 11.0 Å². The number of anilines is 1. The molecular weight excluding hydrogens is 290 g/mol. The molecule has 7 heteroatoms. The number of carbonyl (C=O) groups is 2. The molecule has 0 aliphatic carbocycles. The van der Waals surface area contributed by atoms with Crippen molar-refractivity contribution in [3.63, 3.8) is 0 Å². The number of esters is 1. The lowest BCUT2D eigenvalue weighted by atomic mass is 10.1. The molecule has 1 aromatic carbocycles. The van der Waals surface area contributed by atoms with Crippen molar-refractivity contribution in [2.45, 2.75) is 6.92 Å². The number of rotatable bonds is 3. The number of hydrogen-bond donors (Lipinski definition) is 0. The van der Waals surface area contributed by atoms with Crippen LogP contribution < -0.4 is 10.5 Å². The van der Waals surface area contributed by atoms with Gasteiger partial charge in [-0.25, -0.2) is 14.4 Å². The van der Waals surface area contributed by atoms with Gasteiger partial charge in [-0.2, -0.15) is 0 Å². The van der Waals surface area contributed by atoms with Crippen molar-refractivity contribution in [3.8, 4) is 0 Å². The van der Waals surface area contributed by atoms with Crippen molar-refractivity contribution in [1.29, 1.82) is 0 Å². The first-order chi connectivity index (χ1) is 10.4. The van der Waals surface area contributed by atoms with Gasteiger partial charge in [0.15, 0.2) is 0 Å². The van der Waals surface area contributed by atoms with E-state index >= 15 is 0 Å². The van der Waals surface area contributed by atoms with E-state index in [0.717, 1.165) is 5.69 Å². The number of hydrogen-bond acceptors (Lipinski definition) is 7. The smallest absolute Gasteiger partial charge is 0.434 e. The molecule has 0 N–H and O–H groups in total. The van der Waals surface area contributed by atoms with Crippen LogP contribution in [0, 0.1) is 0 Å². The number of nitrogens with zero attached hydrogens (tertiary/aromatic N) is 1. The van der Waals surface area contributed by atoms with E-state index in [2.05, 4.69) is 9.47 Å². The maximum Gasteiger partial charge on any atom is 0.516 e. The topological polar surface area (TPSA) is 86.1 Å². The zero-order chi connectivity index (χ0) is 16.3. The quantitative estimate of drug-likeness (QED) is 0.488. The predicted octanol–water partition coefficient (Wildman–Crippen LogP) is 2.17. The van der Waals surface area contributed by atoms with E-state index in [9.17, 15) is 14.4 Å². The van der Waals surface area contributed by atoms with Gasteiger partial charge in [-0.05, 0) is 25.1 Å². The summed E-state index contributed by atoms with van der Waals surface area (Å²) in [7, 11) is 3.70. The molecule has 0 spiro atoms. The molecule has 0 fully saturated rings. The lowest BCUT2D eigenvalue weighted by Gasteiger charge is -2.12. The van der Waals surface area contributed by atoms with Gasteiger partial charge in [-0.1, -0.05) is 0 Å². The highest BCUT2D eigenvalue weighted by atomic mass is 16.7. The fourth-order valence-corrected chi connectivity index (χ4v) is 1.80. The second kappa shape index (κ2) is 6.30. The standard InChI is InChI=1S/C15H15NO6/c1-4-20-15(19)22-14(18)11-7-9-5-6-10(16(2)3)8-12(9)21-13(11)17/h5-8H,4H2,1-3H3. The van der Waals surface area contributed by atoms with Gasteiger partial charge in [0.1, 0.15) is 11.1 Å². The van der Waals surface area contributed by atoms with Gasteiger partial charge in [0.2, 0.25) is 0 Å². The molecule has 7 nitrogen and oxygen atoms in total. The monoisotopic (exact) mass is 305 g/mol. The summed E-state index contributed by atoms with van der Waals surface area (Å²) in [6.45, 7) is 1.63. The first-order valence-corrected chi connectivity index (χ1v) is 6.56. The molecule has 0 bridgehead atoms. The SMILES string of the molecule is CCOC(=O)OC(=O)c1cc2ccc(N(C)C)cc2oc1=O. The van der Waals surface area contributed by atoms with Crippen molar-refractivity contribution in [2.75, 3.05) is 25.6 Å². The highest BCUT2D eigenvalue weighted by Crippen LogP contribution is 2.20. The summed E-state index contributed by atoms with van der Waals surface area (Å²) in [6, 6.07) is 6.51. The van der Waals surface area contributed by atoms with Crippen molar-refractivity contribution >= 4 is 28.8 Å². The van der Waals surface area contributed by atoms with Crippen LogP contribution in [0.2, 0.25) is 0 Å². The fraction of sp³-hybridized carbons (Fsp3) is 0.267. The Morgan fingerprint density at radius 3 is 2.59 bits per heavy atom. The normalized spacial score (nSPS) is 10.3. The average Bonchev–Trinajstić information content (AvgIpc) is 2.45. The Kier molecular flexibility index (Phi) is 4.45. The molecule has 0 unspecified atom stereocenters. The van der Waals surface area contributed by atoms with Crippen LogP contribution in [-0.2, 0) is 9.47 Å². The Labute approximate surface area is 126 Å². The van der Waals surface area contributed by atoms with Crippen molar-refractivity contribution in [1.82, 2.24) is 0 Å². The Bertz CT molecular complexity index is 777. The van der Waals surface area contributed by atoms with Crippen LogP contribution in [0.5, 0.6) is 0 Å². The maximum atomic E-state index is 11.9. The van der Waals surface area contributed by atoms with Gasteiger partial charge in [0.25, 0.3) is 0 Å². The van der Waals surface area contributed by atoms with Crippen LogP contribution in [0.1, 0.15) is 17.3 Å². The summed E-state index contributed by atoms with van der Waals surface area (Å²) in [6.07, 6.45) is -1.16. The highest BCUT2D eigenvalue weighted by molar-refractivity contribution is 5.97. The van der Waals surface area contributed by atoms with Crippen LogP contribution in [0.15, 0.2) is 33.5 Å². The van der Waals surface area contributed by atoms with Gasteiger partial charge in [0.05, 0.1) is 6.61 Å². The van der Waals surface area contributed by atoms with E-state index in [-0.39, 0.29) is 12.2 Å². The second-order valence-electron chi connectivity index (χ2n) is 4.64. The van der Waals surface area contributed by atoms with E-state index < -0.39 is 17.8 Å². The summed E-state index contributed by atoms with van der Waals surface area (Å²) >= 11 is 0. The molecule has 0 atom stereocenters. The van der Waals surface area contributed by atoms with E-state index in [1.165, 1.54) is 6.07 Å². The molecule has 22 heavy (non-hydrogen) atoms. The van der Waals surface area contributed by atoms with Crippen molar-refractivity contribution in [3.05, 3.63) is 40.2 Å². The van der Waals surface area contributed by atoms with Gasteiger partial charge >= 0.3 is 17.8 Å². The van der Waals surface area contributed by atoms with Gasteiger partial charge in [-0.3, -0.25) is 0 Å². The average molecular weight is 305 g/mol. The predicted molar refractivity (Wildman–Crippen MR) is 79.2 cm³/mol. The summed E-state index contributed by atoms with van der Waals surface area (Å²) in [5, 5.41) is 0.543. The van der Waals surface area contributed by atoms with Crippen LogP contribution in [-0.4, -0.2) is 32.8 Å². The molecule has 0 aliphatic heterocycles. The molecule has 0 saturated carbocycles. The Balaban J connectivity index is 2.38. The molecule has 2 aromatic rings.